The van der Waals surface area contributed by atoms with E-state index in [4.69, 9.17) is 11.6 Å². The number of aromatic nitrogens is 3. The van der Waals surface area contributed by atoms with Crippen LogP contribution in [0.4, 0.5) is 0 Å². The van der Waals surface area contributed by atoms with Crippen molar-refractivity contribution in [1.82, 2.24) is 14.5 Å². The van der Waals surface area contributed by atoms with E-state index in [1.165, 1.54) is 15.4 Å². The van der Waals surface area contributed by atoms with Crippen molar-refractivity contribution in [3.63, 3.8) is 0 Å². The first-order chi connectivity index (χ1) is 9.36. The highest BCUT2D eigenvalue weighted by Crippen LogP contribution is 2.11. The van der Waals surface area contributed by atoms with E-state index in [-0.39, 0.29) is 18.0 Å². The molecule has 2 aromatic heterocycles. The van der Waals surface area contributed by atoms with Gasteiger partial charge in [-0.1, -0.05) is 11.6 Å². The van der Waals surface area contributed by atoms with Crippen LogP contribution in [-0.4, -0.2) is 20.4 Å². The van der Waals surface area contributed by atoms with Crippen molar-refractivity contribution in [1.29, 1.82) is 0 Å². The van der Waals surface area contributed by atoms with Crippen molar-refractivity contribution in [3.05, 3.63) is 50.7 Å². The maximum atomic E-state index is 11.9. The number of amides is 1. The summed E-state index contributed by atoms with van der Waals surface area (Å²) in [5, 5.41) is 4.59. The lowest BCUT2D eigenvalue weighted by Crippen LogP contribution is -2.36. The van der Waals surface area contributed by atoms with E-state index in [0.29, 0.717) is 16.4 Å². The molecule has 0 unspecified atom stereocenters. The molecule has 0 radical (unpaired) electrons. The van der Waals surface area contributed by atoms with Crippen LogP contribution in [0.5, 0.6) is 0 Å². The van der Waals surface area contributed by atoms with E-state index in [2.05, 4.69) is 10.5 Å². The van der Waals surface area contributed by atoms with E-state index < -0.39 is 0 Å². The van der Waals surface area contributed by atoms with Crippen molar-refractivity contribution in [2.24, 2.45) is 0 Å². The average molecular weight is 295 g/mol. The standard InChI is InChI=1S/C13H15ClN4O2/c1-8-4-9(2)18(13(20)5-8)16-12(19)7-17-6-11(14)10(3)15-17/h4-6H,7H2,1-3H3,(H,16,19). The summed E-state index contributed by atoms with van der Waals surface area (Å²) in [5.74, 6) is -0.349. The molecule has 2 aromatic rings. The van der Waals surface area contributed by atoms with Crippen LogP contribution in [0.1, 0.15) is 17.0 Å². The molecule has 2 heterocycles. The van der Waals surface area contributed by atoms with E-state index in [0.717, 1.165) is 5.56 Å². The second-order valence-electron chi connectivity index (χ2n) is 4.64. The van der Waals surface area contributed by atoms with Gasteiger partial charge in [-0.3, -0.25) is 19.7 Å². The van der Waals surface area contributed by atoms with Gasteiger partial charge in [-0.05, 0) is 32.4 Å². The summed E-state index contributed by atoms with van der Waals surface area (Å²) in [5.41, 5.74) is 4.45. The van der Waals surface area contributed by atoms with Crippen LogP contribution in [-0.2, 0) is 11.3 Å². The molecule has 0 aliphatic rings. The summed E-state index contributed by atoms with van der Waals surface area (Å²) in [6, 6.07) is 3.28. The fourth-order valence-electron chi connectivity index (χ4n) is 1.89. The Hall–Kier alpha value is -2.08. The molecule has 0 bridgehead atoms. The molecule has 0 saturated carbocycles. The van der Waals surface area contributed by atoms with Crippen LogP contribution >= 0.6 is 11.6 Å². The minimum Gasteiger partial charge on any atom is -0.271 e. The number of hydrogen-bond donors (Lipinski definition) is 1. The molecule has 0 fully saturated rings. The number of rotatable bonds is 3. The van der Waals surface area contributed by atoms with Crippen molar-refractivity contribution < 1.29 is 4.79 Å². The first-order valence-corrected chi connectivity index (χ1v) is 6.44. The number of carbonyl (C=O) groups excluding carboxylic acids is 1. The van der Waals surface area contributed by atoms with Crippen molar-refractivity contribution in [3.8, 4) is 0 Å². The van der Waals surface area contributed by atoms with Crippen molar-refractivity contribution in [2.45, 2.75) is 27.3 Å². The SMILES string of the molecule is Cc1cc(C)n(NC(=O)Cn2cc(Cl)c(C)n2)c(=O)c1. The molecule has 1 amide bonds. The first kappa shape index (κ1) is 14.3. The van der Waals surface area contributed by atoms with Gasteiger partial charge >= 0.3 is 0 Å². The third kappa shape index (κ3) is 3.08. The Morgan fingerprint density at radius 3 is 2.60 bits per heavy atom. The summed E-state index contributed by atoms with van der Waals surface area (Å²) in [6.07, 6.45) is 1.57. The van der Waals surface area contributed by atoms with Gasteiger partial charge < -0.3 is 0 Å². The number of carbonyl (C=O) groups is 1. The average Bonchev–Trinajstić information content (AvgIpc) is 2.63. The quantitative estimate of drug-likeness (QED) is 0.930. The Kier molecular flexibility index (Phi) is 3.94. The Bertz CT molecular complexity index is 698. The maximum absolute atomic E-state index is 11.9. The lowest BCUT2D eigenvalue weighted by atomic mass is 10.2. The third-order valence-corrected chi connectivity index (χ3v) is 3.16. The van der Waals surface area contributed by atoms with Gasteiger partial charge in [0, 0.05) is 18.0 Å². The van der Waals surface area contributed by atoms with Gasteiger partial charge in [0.05, 0.1) is 10.7 Å². The highest BCUT2D eigenvalue weighted by molar-refractivity contribution is 6.31. The highest BCUT2D eigenvalue weighted by Gasteiger charge is 2.09. The van der Waals surface area contributed by atoms with Gasteiger partial charge in [-0.15, -0.1) is 0 Å². The Labute approximate surface area is 120 Å². The molecule has 1 N–H and O–H groups in total. The predicted octanol–water partition coefficient (Wildman–Crippen LogP) is 1.39. The first-order valence-electron chi connectivity index (χ1n) is 6.06. The molecule has 0 aliphatic carbocycles. The zero-order valence-corrected chi connectivity index (χ0v) is 12.2. The summed E-state index contributed by atoms with van der Waals surface area (Å²) in [4.78, 5) is 23.7. The summed E-state index contributed by atoms with van der Waals surface area (Å²) in [6.45, 7) is 5.33. The van der Waals surface area contributed by atoms with E-state index >= 15 is 0 Å². The van der Waals surface area contributed by atoms with Gasteiger partial charge in [-0.2, -0.15) is 5.10 Å². The van der Waals surface area contributed by atoms with Crippen LogP contribution < -0.4 is 11.0 Å². The largest absolute Gasteiger partial charge is 0.271 e. The minimum absolute atomic E-state index is 0.00663. The summed E-state index contributed by atoms with van der Waals surface area (Å²) < 4.78 is 2.65. The van der Waals surface area contributed by atoms with Gasteiger partial charge in [0.25, 0.3) is 11.5 Å². The second kappa shape index (κ2) is 5.50. The Balaban J connectivity index is 2.14. The Morgan fingerprint density at radius 2 is 2.05 bits per heavy atom. The molecule has 0 spiro atoms. The smallest absolute Gasteiger partial charge is 0.269 e. The van der Waals surface area contributed by atoms with Crippen LogP contribution in [0.15, 0.2) is 23.1 Å². The van der Waals surface area contributed by atoms with Gasteiger partial charge in [0.1, 0.15) is 6.54 Å². The molecule has 7 heteroatoms. The fourth-order valence-corrected chi connectivity index (χ4v) is 2.04. The monoisotopic (exact) mass is 294 g/mol. The molecule has 106 valence electrons. The highest BCUT2D eigenvalue weighted by atomic mass is 35.5. The Morgan fingerprint density at radius 1 is 1.35 bits per heavy atom. The number of nitrogens with zero attached hydrogens (tertiary/aromatic N) is 3. The molecule has 6 nitrogen and oxygen atoms in total. The lowest BCUT2D eigenvalue weighted by Gasteiger charge is -2.11. The molecule has 0 aromatic carbocycles. The number of hydrogen-bond acceptors (Lipinski definition) is 3. The van der Waals surface area contributed by atoms with Crippen molar-refractivity contribution in [2.75, 3.05) is 5.43 Å². The topological polar surface area (TPSA) is 68.9 Å². The number of pyridine rings is 1. The molecule has 2 rings (SSSR count). The number of nitrogens with one attached hydrogen (secondary N) is 1. The van der Waals surface area contributed by atoms with E-state index in [9.17, 15) is 9.59 Å². The molecule has 0 atom stereocenters. The zero-order chi connectivity index (χ0) is 14.9. The van der Waals surface area contributed by atoms with Crippen LogP contribution in [0.3, 0.4) is 0 Å². The third-order valence-electron chi connectivity index (χ3n) is 2.79. The number of aryl methyl sites for hydroxylation is 3. The lowest BCUT2D eigenvalue weighted by molar-refractivity contribution is -0.117. The summed E-state index contributed by atoms with van der Waals surface area (Å²) in [7, 11) is 0. The van der Waals surface area contributed by atoms with Gasteiger partial charge in [-0.25, -0.2) is 4.68 Å². The maximum Gasteiger partial charge on any atom is 0.269 e. The van der Waals surface area contributed by atoms with Crippen LogP contribution in [0.25, 0.3) is 0 Å². The van der Waals surface area contributed by atoms with E-state index in [1.807, 2.05) is 13.0 Å². The molecular weight excluding hydrogens is 280 g/mol. The fraction of sp³-hybridized carbons (Fsp3) is 0.308. The van der Waals surface area contributed by atoms with Crippen LogP contribution in [0, 0.1) is 20.8 Å². The zero-order valence-electron chi connectivity index (χ0n) is 11.5. The van der Waals surface area contributed by atoms with Gasteiger partial charge in [0.15, 0.2) is 0 Å². The summed E-state index contributed by atoms with van der Waals surface area (Å²) >= 11 is 5.87. The molecule has 0 aliphatic heterocycles. The molecule has 0 saturated heterocycles. The molecular formula is C13H15ClN4O2. The van der Waals surface area contributed by atoms with E-state index in [1.54, 1.807) is 20.0 Å². The minimum atomic E-state index is -0.349. The van der Waals surface area contributed by atoms with Crippen molar-refractivity contribution >= 4 is 17.5 Å². The second-order valence-corrected chi connectivity index (χ2v) is 5.05. The predicted molar refractivity (Wildman–Crippen MR) is 76.5 cm³/mol. The molecule has 20 heavy (non-hydrogen) atoms. The normalized spacial score (nSPS) is 10.6. The van der Waals surface area contributed by atoms with Gasteiger partial charge in [0.2, 0.25) is 0 Å². The number of halogens is 1. The van der Waals surface area contributed by atoms with Crippen LogP contribution in [0.2, 0.25) is 5.02 Å².